The maximum Gasteiger partial charge on any atom is 0.170 e. The molecule has 6 heteroatoms. The molecule has 0 atom stereocenters. The first-order chi connectivity index (χ1) is 8.75. The molecule has 90 valence electrons. The Morgan fingerprint density at radius 3 is 2.56 bits per heavy atom. The smallest absolute Gasteiger partial charge is 0.170 e. The van der Waals surface area contributed by atoms with Crippen molar-refractivity contribution in [1.29, 1.82) is 0 Å². The van der Waals surface area contributed by atoms with E-state index < -0.39 is 0 Å². The molecule has 0 N–H and O–H groups in total. The molecule has 0 radical (unpaired) electrons. The van der Waals surface area contributed by atoms with E-state index >= 15 is 0 Å². The number of nitrogens with zero attached hydrogens (tertiary/aromatic N) is 3. The van der Waals surface area contributed by atoms with Crippen molar-refractivity contribution in [3.63, 3.8) is 0 Å². The Bertz CT molecular complexity index is 676. The molecular formula is C12H7Cl2N3S. The van der Waals surface area contributed by atoms with Gasteiger partial charge in [-0.05, 0) is 18.2 Å². The Labute approximate surface area is 118 Å². The molecule has 0 amide bonds. The van der Waals surface area contributed by atoms with Crippen molar-refractivity contribution in [2.45, 2.75) is 0 Å². The van der Waals surface area contributed by atoms with E-state index in [9.17, 15) is 0 Å². The predicted octanol–water partition coefficient (Wildman–Crippen LogP) is 4.30. The highest BCUT2D eigenvalue weighted by molar-refractivity contribution is 7.20. The lowest BCUT2D eigenvalue weighted by atomic mass is 10.3. The molecule has 2 heterocycles. The fourth-order valence-electron chi connectivity index (χ4n) is 1.69. The number of aromatic nitrogens is 3. The summed E-state index contributed by atoms with van der Waals surface area (Å²) in [4.78, 5) is 0. The summed E-state index contributed by atoms with van der Waals surface area (Å²) in [6.07, 6.45) is 1.66. The monoisotopic (exact) mass is 295 g/mol. The summed E-state index contributed by atoms with van der Waals surface area (Å²) >= 11 is 13.4. The molecule has 0 fully saturated rings. The minimum absolute atomic E-state index is 0.616. The maximum atomic E-state index is 6.15. The Hall–Kier alpha value is -1.36. The van der Waals surface area contributed by atoms with E-state index in [2.05, 4.69) is 10.2 Å². The van der Waals surface area contributed by atoms with Crippen LogP contribution in [0.3, 0.4) is 0 Å². The standard InChI is InChI=1S/C12H7Cl2N3S/c13-10-6-9(11(14)18-10)12-16-15-7-17(12)8-4-2-1-3-5-8/h1-7H. The average molecular weight is 296 g/mol. The first kappa shape index (κ1) is 11.7. The molecule has 0 saturated heterocycles. The van der Waals surface area contributed by atoms with Crippen LogP contribution in [0.4, 0.5) is 0 Å². The van der Waals surface area contributed by atoms with Crippen molar-refractivity contribution in [3.8, 4) is 17.1 Å². The van der Waals surface area contributed by atoms with E-state index in [1.54, 1.807) is 12.4 Å². The van der Waals surface area contributed by atoms with E-state index in [-0.39, 0.29) is 0 Å². The van der Waals surface area contributed by atoms with Gasteiger partial charge in [0.1, 0.15) is 10.7 Å². The molecule has 18 heavy (non-hydrogen) atoms. The number of hydrogen-bond donors (Lipinski definition) is 0. The molecule has 3 rings (SSSR count). The molecule has 2 aromatic heterocycles. The molecule has 0 bridgehead atoms. The van der Waals surface area contributed by atoms with Crippen LogP contribution >= 0.6 is 34.5 Å². The number of thiophene rings is 1. The molecule has 3 aromatic rings. The van der Waals surface area contributed by atoms with Gasteiger partial charge in [0.2, 0.25) is 0 Å². The summed E-state index contributed by atoms with van der Waals surface area (Å²) < 4.78 is 3.13. The van der Waals surface area contributed by atoms with Crippen LogP contribution in [-0.2, 0) is 0 Å². The zero-order valence-corrected chi connectivity index (χ0v) is 11.4. The first-order valence-electron chi connectivity index (χ1n) is 5.16. The minimum Gasteiger partial charge on any atom is -0.282 e. The predicted molar refractivity (Wildman–Crippen MR) is 74.7 cm³/mol. The van der Waals surface area contributed by atoms with Crippen LogP contribution in [0, 0.1) is 0 Å². The summed E-state index contributed by atoms with van der Waals surface area (Å²) in [5.41, 5.74) is 1.78. The van der Waals surface area contributed by atoms with Crippen LogP contribution in [0.2, 0.25) is 8.67 Å². The van der Waals surface area contributed by atoms with E-state index in [4.69, 9.17) is 23.2 Å². The second-order valence-corrected chi connectivity index (χ2v) is 5.88. The Balaban J connectivity index is 2.16. The molecular weight excluding hydrogens is 289 g/mol. The van der Waals surface area contributed by atoms with Gasteiger partial charge in [-0.2, -0.15) is 0 Å². The van der Waals surface area contributed by atoms with Gasteiger partial charge in [0.05, 0.1) is 9.90 Å². The van der Waals surface area contributed by atoms with Crippen LogP contribution in [-0.4, -0.2) is 14.8 Å². The molecule has 1 aromatic carbocycles. The number of hydrogen-bond acceptors (Lipinski definition) is 3. The third-order valence-electron chi connectivity index (χ3n) is 2.48. The van der Waals surface area contributed by atoms with Crippen LogP contribution in [0.5, 0.6) is 0 Å². The molecule has 0 aliphatic heterocycles. The van der Waals surface area contributed by atoms with E-state index in [1.807, 2.05) is 34.9 Å². The lowest BCUT2D eigenvalue weighted by molar-refractivity contribution is 1.06. The Morgan fingerprint density at radius 1 is 1.11 bits per heavy atom. The zero-order valence-electron chi connectivity index (χ0n) is 9.05. The van der Waals surface area contributed by atoms with Gasteiger partial charge >= 0.3 is 0 Å². The van der Waals surface area contributed by atoms with Crippen molar-refractivity contribution in [2.24, 2.45) is 0 Å². The van der Waals surface area contributed by atoms with Crippen molar-refractivity contribution >= 4 is 34.5 Å². The maximum absolute atomic E-state index is 6.15. The molecule has 0 aliphatic carbocycles. The van der Waals surface area contributed by atoms with Crippen molar-refractivity contribution in [1.82, 2.24) is 14.8 Å². The van der Waals surface area contributed by atoms with Gasteiger partial charge in [-0.3, -0.25) is 4.57 Å². The lowest BCUT2D eigenvalue weighted by Gasteiger charge is -2.04. The lowest BCUT2D eigenvalue weighted by Crippen LogP contribution is -1.95. The molecule has 3 nitrogen and oxygen atoms in total. The van der Waals surface area contributed by atoms with Gasteiger partial charge in [0.15, 0.2) is 5.82 Å². The van der Waals surface area contributed by atoms with Crippen molar-refractivity contribution < 1.29 is 0 Å². The summed E-state index contributed by atoms with van der Waals surface area (Å²) in [5, 5.41) is 8.05. The highest BCUT2D eigenvalue weighted by atomic mass is 35.5. The fraction of sp³-hybridized carbons (Fsp3) is 0. The van der Waals surface area contributed by atoms with Crippen molar-refractivity contribution in [2.75, 3.05) is 0 Å². The zero-order chi connectivity index (χ0) is 12.5. The first-order valence-corrected chi connectivity index (χ1v) is 6.73. The van der Waals surface area contributed by atoms with Crippen LogP contribution in [0.25, 0.3) is 17.1 Å². The van der Waals surface area contributed by atoms with Crippen molar-refractivity contribution in [3.05, 3.63) is 51.4 Å². The van der Waals surface area contributed by atoms with Crippen LogP contribution in [0.1, 0.15) is 0 Å². The molecule has 0 aliphatic rings. The topological polar surface area (TPSA) is 30.7 Å². The van der Waals surface area contributed by atoms with Gasteiger partial charge in [-0.25, -0.2) is 0 Å². The number of halogens is 2. The van der Waals surface area contributed by atoms with E-state index in [0.717, 1.165) is 11.3 Å². The summed E-state index contributed by atoms with van der Waals surface area (Å²) in [5.74, 6) is 0.689. The average Bonchev–Trinajstić information content (AvgIpc) is 2.96. The highest BCUT2D eigenvalue weighted by Crippen LogP contribution is 2.37. The Kier molecular flexibility index (Phi) is 3.07. The largest absolute Gasteiger partial charge is 0.282 e. The normalized spacial score (nSPS) is 10.8. The van der Waals surface area contributed by atoms with Gasteiger partial charge < -0.3 is 0 Å². The summed E-state index contributed by atoms with van der Waals surface area (Å²) in [7, 11) is 0. The molecule has 0 saturated carbocycles. The number of rotatable bonds is 2. The SMILES string of the molecule is Clc1cc(-c2nncn2-c2ccccc2)c(Cl)s1. The highest BCUT2D eigenvalue weighted by Gasteiger charge is 2.15. The number of benzene rings is 1. The second-order valence-electron chi connectivity index (χ2n) is 3.60. The van der Waals surface area contributed by atoms with E-state index in [0.29, 0.717) is 14.5 Å². The van der Waals surface area contributed by atoms with Crippen LogP contribution < -0.4 is 0 Å². The quantitative estimate of drug-likeness (QED) is 0.705. The van der Waals surface area contributed by atoms with Gasteiger partial charge in [0.25, 0.3) is 0 Å². The Morgan fingerprint density at radius 2 is 1.89 bits per heavy atom. The second kappa shape index (κ2) is 4.72. The number of para-hydroxylation sites is 1. The molecule has 0 spiro atoms. The van der Waals surface area contributed by atoms with Gasteiger partial charge in [0, 0.05) is 5.69 Å². The molecule has 0 unspecified atom stereocenters. The minimum atomic E-state index is 0.616. The fourth-order valence-corrected chi connectivity index (χ4v) is 3.14. The van der Waals surface area contributed by atoms with Crippen LogP contribution in [0.15, 0.2) is 42.7 Å². The summed E-state index contributed by atoms with van der Waals surface area (Å²) in [6.45, 7) is 0. The van der Waals surface area contributed by atoms with Gasteiger partial charge in [-0.15, -0.1) is 21.5 Å². The van der Waals surface area contributed by atoms with Gasteiger partial charge in [-0.1, -0.05) is 41.4 Å². The summed E-state index contributed by atoms with van der Waals surface area (Å²) in [6, 6.07) is 11.6. The van der Waals surface area contributed by atoms with E-state index in [1.165, 1.54) is 11.3 Å². The third-order valence-corrected chi connectivity index (χ3v) is 3.97. The third kappa shape index (κ3) is 2.03.